The molecule has 0 saturated carbocycles. The van der Waals surface area contributed by atoms with E-state index < -0.39 is 0 Å². The Hall–Kier alpha value is -5.87. The molecule has 0 fully saturated rings. The van der Waals surface area contributed by atoms with E-state index in [-0.39, 0.29) is 0 Å². The topological polar surface area (TPSA) is 42.4 Å². The first-order valence-electron chi connectivity index (χ1n) is 14.4. The third-order valence-electron chi connectivity index (χ3n) is 8.31. The average Bonchev–Trinajstić information content (AvgIpc) is 3.64. The van der Waals surface area contributed by atoms with Crippen molar-refractivity contribution in [3.63, 3.8) is 0 Å². The van der Waals surface area contributed by atoms with Gasteiger partial charge in [-0.1, -0.05) is 91.0 Å². The monoisotopic (exact) mass is 552 g/mol. The second kappa shape index (κ2) is 9.33. The van der Waals surface area contributed by atoms with Gasteiger partial charge in [0.2, 0.25) is 0 Å². The summed E-state index contributed by atoms with van der Waals surface area (Å²) in [6.45, 7) is 0. The maximum absolute atomic E-state index is 6.27. The molecule has 43 heavy (non-hydrogen) atoms. The lowest BCUT2D eigenvalue weighted by molar-refractivity contribution is 0.667. The molecule has 0 amide bonds. The number of para-hydroxylation sites is 1. The summed E-state index contributed by atoms with van der Waals surface area (Å²) in [6.07, 6.45) is 1.84. The van der Waals surface area contributed by atoms with Gasteiger partial charge in [0.05, 0.1) is 6.20 Å². The zero-order valence-electron chi connectivity index (χ0n) is 23.1. The van der Waals surface area contributed by atoms with E-state index >= 15 is 0 Å². The highest BCUT2D eigenvalue weighted by atomic mass is 16.3. The van der Waals surface area contributed by atoms with Crippen molar-refractivity contribution in [1.82, 2.24) is 4.98 Å². The van der Waals surface area contributed by atoms with E-state index in [4.69, 9.17) is 13.8 Å². The Bertz CT molecular complexity index is 2450. The molecule has 0 spiro atoms. The largest absolute Gasteiger partial charge is 0.456 e. The molecule has 0 unspecified atom stereocenters. The smallest absolute Gasteiger partial charge is 0.153 e. The highest BCUT2D eigenvalue weighted by Gasteiger charge is 2.19. The SMILES string of the molecule is c1ccc(-c2ccc(N(c3ccc4oc5ccccc5c4c3)c3cc4c(cn3)oc3ccc5ccccc5c34)cc2)cc1. The van der Waals surface area contributed by atoms with Gasteiger partial charge in [0.25, 0.3) is 0 Å². The van der Waals surface area contributed by atoms with Gasteiger partial charge in [-0.05, 0) is 70.4 Å². The van der Waals surface area contributed by atoms with Crippen LogP contribution < -0.4 is 4.90 Å². The fourth-order valence-electron chi connectivity index (χ4n) is 6.26. The molecule has 9 aromatic rings. The van der Waals surface area contributed by atoms with Crippen molar-refractivity contribution >= 4 is 71.8 Å². The van der Waals surface area contributed by atoms with Crippen LogP contribution in [-0.2, 0) is 0 Å². The van der Waals surface area contributed by atoms with Crippen LogP contribution in [0.4, 0.5) is 17.2 Å². The van der Waals surface area contributed by atoms with E-state index in [0.717, 1.165) is 66.6 Å². The normalized spacial score (nSPS) is 11.7. The Balaban J connectivity index is 1.27. The number of hydrogen-bond acceptors (Lipinski definition) is 4. The van der Waals surface area contributed by atoms with Crippen molar-refractivity contribution in [2.75, 3.05) is 4.90 Å². The fourth-order valence-corrected chi connectivity index (χ4v) is 6.26. The number of rotatable bonds is 4. The molecule has 202 valence electrons. The van der Waals surface area contributed by atoms with Gasteiger partial charge >= 0.3 is 0 Å². The average molecular weight is 553 g/mol. The van der Waals surface area contributed by atoms with E-state index in [1.165, 1.54) is 16.3 Å². The number of aromatic nitrogens is 1. The summed E-state index contributed by atoms with van der Waals surface area (Å²) in [4.78, 5) is 7.16. The first-order chi connectivity index (χ1) is 21.3. The Morgan fingerprint density at radius 1 is 0.442 bits per heavy atom. The Kier molecular flexibility index (Phi) is 5.16. The van der Waals surface area contributed by atoms with E-state index in [0.29, 0.717) is 0 Å². The molecular formula is C39H24N2O2. The standard InChI is InChI=1S/C39H24N2O2/c1-2-8-25(9-3-1)26-14-17-28(18-15-26)41(29-19-21-35-32(22-29)31-12-6-7-13-34(31)42-35)38-23-33-37(24-40-38)43-36-20-16-27-10-4-5-11-30(27)39(33)36/h1-24H. The predicted molar refractivity (Wildman–Crippen MR) is 176 cm³/mol. The maximum atomic E-state index is 6.27. The number of nitrogens with zero attached hydrogens (tertiary/aromatic N) is 2. The molecule has 0 N–H and O–H groups in total. The zero-order chi connectivity index (χ0) is 28.3. The van der Waals surface area contributed by atoms with Gasteiger partial charge in [-0.2, -0.15) is 0 Å². The molecule has 6 aromatic carbocycles. The minimum absolute atomic E-state index is 0.769. The number of hydrogen-bond donors (Lipinski definition) is 0. The number of pyridine rings is 1. The lowest BCUT2D eigenvalue weighted by atomic mass is 10.0. The number of anilines is 3. The molecular weight excluding hydrogens is 528 g/mol. The predicted octanol–water partition coefficient (Wildman–Crippen LogP) is 11.2. The van der Waals surface area contributed by atoms with Crippen LogP contribution in [-0.4, -0.2) is 4.98 Å². The second-order valence-corrected chi connectivity index (χ2v) is 10.8. The van der Waals surface area contributed by atoms with E-state index in [2.05, 4.69) is 120 Å². The molecule has 3 heterocycles. The Labute approximate surface area is 247 Å². The van der Waals surface area contributed by atoms with Crippen molar-refractivity contribution in [3.8, 4) is 11.1 Å². The number of furan rings is 2. The minimum Gasteiger partial charge on any atom is -0.456 e. The summed E-state index contributed by atoms with van der Waals surface area (Å²) in [5.41, 5.74) is 7.72. The van der Waals surface area contributed by atoms with Gasteiger partial charge in [0.15, 0.2) is 5.58 Å². The van der Waals surface area contributed by atoms with Gasteiger partial charge in [0.1, 0.15) is 22.6 Å². The van der Waals surface area contributed by atoms with Crippen LogP contribution in [0.25, 0.3) is 65.8 Å². The van der Waals surface area contributed by atoms with Crippen LogP contribution >= 0.6 is 0 Å². The summed E-state index contributed by atoms with van der Waals surface area (Å²) >= 11 is 0. The van der Waals surface area contributed by atoms with Crippen LogP contribution in [0.1, 0.15) is 0 Å². The highest BCUT2D eigenvalue weighted by molar-refractivity contribution is 6.19. The van der Waals surface area contributed by atoms with Gasteiger partial charge in [-0.15, -0.1) is 0 Å². The van der Waals surface area contributed by atoms with Crippen LogP contribution in [0.15, 0.2) is 155 Å². The van der Waals surface area contributed by atoms with Gasteiger partial charge in [-0.3, -0.25) is 4.90 Å². The number of fused-ring (bicyclic) bond motifs is 8. The van der Waals surface area contributed by atoms with Crippen molar-refractivity contribution in [3.05, 3.63) is 146 Å². The van der Waals surface area contributed by atoms with Gasteiger partial charge in [0, 0.05) is 32.9 Å². The summed E-state index contributed by atoms with van der Waals surface area (Å²) < 4.78 is 12.4. The maximum Gasteiger partial charge on any atom is 0.153 e. The van der Waals surface area contributed by atoms with Crippen LogP contribution in [0.3, 0.4) is 0 Å². The molecule has 0 aliphatic heterocycles. The van der Waals surface area contributed by atoms with Crippen molar-refractivity contribution < 1.29 is 8.83 Å². The van der Waals surface area contributed by atoms with Crippen molar-refractivity contribution in [2.45, 2.75) is 0 Å². The van der Waals surface area contributed by atoms with Gasteiger partial charge < -0.3 is 8.83 Å². The molecule has 3 aromatic heterocycles. The van der Waals surface area contributed by atoms with E-state index in [1.54, 1.807) is 0 Å². The summed E-state index contributed by atoms with van der Waals surface area (Å²) in [7, 11) is 0. The quantitative estimate of drug-likeness (QED) is 0.218. The molecule has 4 nitrogen and oxygen atoms in total. The minimum atomic E-state index is 0.769. The summed E-state index contributed by atoms with van der Waals surface area (Å²) in [5, 5.41) is 6.65. The first-order valence-corrected chi connectivity index (χ1v) is 14.4. The third-order valence-corrected chi connectivity index (χ3v) is 8.31. The molecule has 0 aliphatic rings. The second-order valence-electron chi connectivity index (χ2n) is 10.8. The Morgan fingerprint density at radius 2 is 1.12 bits per heavy atom. The van der Waals surface area contributed by atoms with Crippen molar-refractivity contribution in [1.29, 1.82) is 0 Å². The fraction of sp³-hybridized carbons (Fsp3) is 0. The molecule has 0 radical (unpaired) electrons. The van der Waals surface area contributed by atoms with E-state index in [1.807, 2.05) is 30.5 Å². The molecule has 0 saturated heterocycles. The molecule has 0 bridgehead atoms. The first kappa shape index (κ1) is 23.8. The van der Waals surface area contributed by atoms with Crippen molar-refractivity contribution in [2.24, 2.45) is 0 Å². The lowest BCUT2D eigenvalue weighted by Crippen LogP contribution is -2.11. The molecule has 4 heteroatoms. The van der Waals surface area contributed by atoms with E-state index in [9.17, 15) is 0 Å². The van der Waals surface area contributed by atoms with Crippen LogP contribution in [0.2, 0.25) is 0 Å². The van der Waals surface area contributed by atoms with Crippen LogP contribution in [0.5, 0.6) is 0 Å². The summed E-state index contributed by atoms with van der Waals surface area (Å²) in [5.74, 6) is 0.808. The number of benzene rings is 6. The molecule has 9 rings (SSSR count). The third kappa shape index (κ3) is 3.81. The lowest BCUT2D eigenvalue weighted by Gasteiger charge is -2.24. The molecule has 0 atom stereocenters. The zero-order valence-corrected chi connectivity index (χ0v) is 23.1. The van der Waals surface area contributed by atoms with Gasteiger partial charge in [-0.25, -0.2) is 4.98 Å². The molecule has 0 aliphatic carbocycles. The Morgan fingerprint density at radius 3 is 2.00 bits per heavy atom. The summed E-state index contributed by atoms with van der Waals surface area (Å²) in [6, 6.07) is 48.4. The highest BCUT2D eigenvalue weighted by Crippen LogP contribution is 2.41. The van der Waals surface area contributed by atoms with Crippen LogP contribution in [0, 0.1) is 0 Å².